The predicted molar refractivity (Wildman–Crippen MR) is 97.7 cm³/mol. The fourth-order valence-corrected chi connectivity index (χ4v) is 3.49. The van der Waals surface area contributed by atoms with Gasteiger partial charge in [0.1, 0.15) is 0 Å². The Morgan fingerprint density at radius 1 is 1.23 bits per heavy atom. The molecular weight excluding hydrogens is 328 g/mol. The van der Waals surface area contributed by atoms with Gasteiger partial charge in [-0.1, -0.05) is 23.4 Å². The number of aromatic nitrogens is 4. The van der Waals surface area contributed by atoms with Gasteiger partial charge in [0.25, 0.3) is 0 Å². The number of aryl methyl sites for hydroxylation is 1. The Balaban J connectivity index is 1.34. The second-order valence-electron chi connectivity index (χ2n) is 6.75. The lowest BCUT2D eigenvalue weighted by Gasteiger charge is -2.32. The van der Waals surface area contributed by atoms with Crippen LogP contribution in [0.2, 0.25) is 0 Å². The maximum atomic E-state index is 5.07. The lowest BCUT2D eigenvalue weighted by Crippen LogP contribution is -2.45. The van der Waals surface area contributed by atoms with Gasteiger partial charge in [-0.2, -0.15) is 10.1 Å². The highest BCUT2D eigenvalue weighted by atomic mass is 16.5. The van der Waals surface area contributed by atoms with Crippen LogP contribution < -0.4 is 5.32 Å². The van der Waals surface area contributed by atoms with E-state index in [0.29, 0.717) is 11.9 Å². The zero-order valence-electron chi connectivity index (χ0n) is 15.0. The highest BCUT2D eigenvalue weighted by Crippen LogP contribution is 2.14. The Morgan fingerprint density at radius 2 is 2.12 bits per heavy atom. The molecule has 0 radical (unpaired) electrons. The molecule has 26 heavy (non-hydrogen) atoms. The van der Waals surface area contributed by atoms with Gasteiger partial charge >= 0.3 is 0 Å². The van der Waals surface area contributed by atoms with Crippen LogP contribution >= 0.6 is 0 Å². The molecule has 4 rings (SSSR count). The van der Waals surface area contributed by atoms with E-state index in [2.05, 4.69) is 43.7 Å². The van der Waals surface area contributed by atoms with Crippen molar-refractivity contribution < 1.29 is 4.52 Å². The average Bonchev–Trinajstić information content (AvgIpc) is 3.30. The Morgan fingerprint density at radius 3 is 2.92 bits per heavy atom. The summed E-state index contributed by atoms with van der Waals surface area (Å²) in [5.41, 5.74) is 2.26. The maximum absolute atomic E-state index is 5.07. The number of rotatable bonds is 6. The second-order valence-corrected chi connectivity index (χ2v) is 6.75. The molecule has 1 aromatic carbocycles. The van der Waals surface area contributed by atoms with Crippen molar-refractivity contribution in [1.29, 1.82) is 0 Å². The molecule has 3 heterocycles. The van der Waals surface area contributed by atoms with Crippen molar-refractivity contribution in [3.8, 4) is 5.69 Å². The third kappa shape index (κ3) is 4.00. The van der Waals surface area contributed by atoms with Crippen LogP contribution in [0.1, 0.15) is 30.3 Å². The highest BCUT2D eigenvalue weighted by molar-refractivity contribution is 5.32. The first kappa shape index (κ1) is 16.9. The van der Waals surface area contributed by atoms with E-state index in [-0.39, 0.29) is 0 Å². The van der Waals surface area contributed by atoms with E-state index in [1.54, 1.807) is 0 Å². The quantitative estimate of drug-likeness (QED) is 0.734. The second kappa shape index (κ2) is 7.80. The van der Waals surface area contributed by atoms with E-state index >= 15 is 0 Å². The normalized spacial score (nSPS) is 18.3. The van der Waals surface area contributed by atoms with Crippen LogP contribution in [0.25, 0.3) is 5.69 Å². The molecule has 1 aliphatic heterocycles. The molecule has 1 N–H and O–H groups in total. The van der Waals surface area contributed by atoms with E-state index in [0.717, 1.165) is 37.7 Å². The summed E-state index contributed by atoms with van der Waals surface area (Å²) < 4.78 is 7.07. The first-order chi connectivity index (χ1) is 12.8. The number of likely N-dealkylation sites (tertiary alicyclic amines) is 1. The molecule has 2 aromatic heterocycles. The van der Waals surface area contributed by atoms with Crippen molar-refractivity contribution in [3.63, 3.8) is 0 Å². The topological polar surface area (TPSA) is 72.0 Å². The number of para-hydroxylation sites is 1. The first-order valence-corrected chi connectivity index (χ1v) is 9.11. The van der Waals surface area contributed by atoms with E-state index in [1.807, 2.05) is 36.0 Å². The molecule has 0 spiro atoms. The van der Waals surface area contributed by atoms with Crippen molar-refractivity contribution in [2.24, 2.45) is 0 Å². The minimum atomic E-state index is 0.455. The Hall–Kier alpha value is -2.51. The molecule has 1 unspecified atom stereocenters. The van der Waals surface area contributed by atoms with Gasteiger partial charge in [0, 0.05) is 32.3 Å². The maximum Gasteiger partial charge on any atom is 0.223 e. The predicted octanol–water partition coefficient (Wildman–Crippen LogP) is 2.32. The molecule has 7 nitrogen and oxygen atoms in total. The van der Waals surface area contributed by atoms with Crippen LogP contribution in [-0.4, -0.2) is 44.0 Å². The summed E-state index contributed by atoms with van der Waals surface area (Å²) in [6.45, 7) is 5.44. The molecule has 0 saturated carbocycles. The number of hydrogen-bond donors (Lipinski definition) is 1. The van der Waals surface area contributed by atoms with Gasteiger partial charge < -0.3 is 9.84 Å². The molecule has 1 fully saturated rings. The number of hydrogen-bond acceptors (Lipinski definition) is 6. The zero-order valence-corrected chi connectivity index (χ0v) is 15.0. The van der Waals surface area contributed by atoms with Crippen molar-refractivity contribution >= 4 is 0 Å². The van der Waals surface area contributed by atoms with Crippen LogP contribution in [0.3, 0.4) is 0 Å². The third-order valence-corrected chi connectivity index (χ3v) is 4.73. The molecule has 1 atom stereocenters. The van der Waals surface area contributed by atoms with Gasteiger partial charge in [0.05, 0.1) is 17.9 Å². The van der Waals surface area contributed by atoms with Crippen LogP contribution in [0.5, 0.6) is 0 Å². The van der Waals surface area contributed by atoms with Crippen molar-refractivity contribution in [2.45, 2.75) is 38.9 Å². The lowest BCUT2D eigenvalue weighted by atomic mass is 10.1. The van der Waals surface area contributed by atoms with Crippen LogP contribution in [0.15, 0.2) is 47.1 Å². The van der Waals surface area contributed by atoms with Crippen molar-refractivity contribution in [3.05, 3.63) is 60.0 Å². The standard InChI is InChI=1S/C19H24N6O/c1-15-22-19(23-26-15)14-24-11-5-6-16(13-24)20-12-18-9-10-21-25(18)17-7-3-2-4-8-17/h2-4,7-10,16,20H,5-6,11-14H2,1H3. The minimum absolute atomic E-state index is 0.455. The molecule has 136 valence electrons. The number of nitrogens with zero attached hydrogens (tertiary/aromatic N) is 5. The third-order valence-electron chi connectivity index (χ3n) is 4.73. The van der Waals surface area contributed by atoms with Gasteiger partial charge in [-0.15, -0.1) is 0 Å². The average molecular weight is 352 g/mol. The van der Waals surface area contributed by atoms with Crippen LogP contribution in [0.4, 0.5) is 0 Å². The Kier molecular flexibility index (Phi) is 5.08. The largest absolute Gasteiger partial charge is 0.340 e. The summed E-state index contributed by atoms with van der Waals surface area (Å²) >= 11 is 0. The molecule has 0 bridgehead atoms. The Labute approximate surface area is 153 Å². The van der Waals surface area contributed by atoms with Gasteiger partial charge in [-0.25, -0.2) is 4.68 Å². The van der Waals surface area contributed by atoms with Gasteiger partial charge in [-0.05, 0) is 37.6 Å². The Bertz CT molecular complexity index is 827. The van der Waals surface area contributed by atoms with E-state index in [4.69, 9.17) is 4.52 Å². The summed E-state index contributed by atoms with van der Waals surface area (Å²) in [5, 5.41) is 12.2. The van der Waals surface area contributed by atoms with Crippen molar-refractivity contribution in [1.82, 2.24) is 30.1 Å². The van der Waals surface area contributed by atoms with Gasteiger partial charge in [0.2, 0.25) is 5.89 Å². The van der Waals surface area contributed by atoms with E-state index in [9.17, 15) is 0 Å². The molecule has 1 saturated heterocycles. The zero-order chi connectivity index (χ0) is 17.8. The van der Waals surface area contributed by atoms with Crippen molar-refractivity contribution in [2.75, 3.05) is 13.1 Å². The molecular formula is C19H24N6O. The van der Waals surface area contributed by atoms with Gasteiger partial charge in [0.15, 0.2) is 5.82 Å². The summed E-state index contributed by atoms with van der Waals surface area (Å²) in [6.07, 6.45) is 4.21. The summed E-state index contributed by atoms with van der Waals surface area (Å²) in [6, 6.07) is 12.8. The number of piperidine rings is 1. The molecule has 0 aliphatic carbocycles. The molecule has 1 aliphatic rings. The number of nitrogens with one attached hydrogen (secondary N) is 1. The van der Waals surface area contributed by atoms with E-state index < -0.39 is 0 Å². The van der Waals surface area contributed by atoms with Crippen LogP contribution in [-0.2, 0) is 13.1 Å². The molecule has 3 aromatic rings. The summed E-state index contributed by atoms with van der Waals surface area (Å²) in [7, 11) is 0. The highest BCUT2D eigenvalue weighted by Gasteiger charge is 2.21. The molecule has 7 heteroatoms. The minimum Gasteiger partial charge on any atom is -0.340 e. The monoisotopic (exact) mass is 352 g/mol. The fraction of sp³-hybridized carbons (Fsp3) is 0.421. The van der Waals surface area contributed by atoms with Gasteiger partial charge in [-0.3, -0.25) is 4.90 Å². The lowest BCUT2D eigenvalue weighted by molar-refractivity contribution is 0.177. The summed E-state index contributed by atoms with van der Waals surface area (Å²) in [4.78, 5) is 6.70. The SMILES string of the molecule is Cc1nc(CN2CCCC(NCc3ccnn3-c3ccccc3)C2)no1. The van der Waals surface area contributed by atoms with Crippen LogP contribution in [0, 0.1) is 6.92 Å². The molecule has 0 amide bonds. The fourth-order valence-electron chi connectivity index (χ4n) is 3.49. The summed E-state index contributed by atoms with van der Waals surface area (Å²) in [5.74, 6) is 1.39. The van der Waals surface area contributed by atoms with E-state index in [1.165, 1.54) is 18.5 Å². The smallest absolute Gasteiger partial charge is 0.223 e. The number of benzene rings is 1. The first-order valence-electron chi connectivity index (χ1n) is 9.11.